The van der Waals surface area contributed by atoms with Crippen LogP contribution in [0.3, 0.4) is 0 Å². The molecule has 0 N–H and O–H groups in total. The third kappa shape index (κ3) is 2.07. The van der Waals surface area contributed by atoms with Gasteiger partial charge in [-0.2, -0.15) is 0 Å². The number of allylic oxidation sites excluding steroid dienone is 2. The number of hydrogen-bond donors (Lipinski definition) is 0. The molecule has 0 fully saturated rings. The Kier molecular flexibility index (Phi) is 3.75. The predicted molar refractivity (Wildman–Crippen MR) is 129 cm³/mol. The van der Waals surface area contributed by atoms with Crippen molar-refractivity contribution in [2.24, 2.45) is 0 Å². The minimum absolute atomic E-state index is 0.251. The van der Waals surface area contributed by atoms with Crippen molar-refractivity contribution in [1.82, 2.24) is 14.0 Å². The SMILES string of the molecule is C=CCn1c2ccccc2c2c3c(c4c5ccccc5n(CC=C)c4c21)C(=O)N(C)C3=O. The van der Waals surface area contributed by atoms with Gasteiger partial charge in [0.05, 0.1) is 22.2 Å². The molecule has 2 amide bonds. The van der Waals surface area contributed by atoms with Gasteiger partial charge < -0.3 is 9.13 Å². The fourth-order valence-electron chi connectivity index (χ4n) is 5.35. The molecule has 0 unspecified atom stereocenters. The highest BCUT2D eigenvalue weighted by molar-refractivity contribution is 6.39. The maximum absolute atomic E-state index is 13.4. The van der Waals surface area contributed by atoms with Crippen LogP contribution in [0.25, 0.3) is 43.6 Å². The summed E-state index contributed by atoms with van der Waals surface area (Å²) < 4.78 is 4.41. The van der Waals surface area contributed by atoms with E-state index in [1.54, 1.807) is 7.05 Å². The van der Waals surface area contributed by atoms with Gasteiger partial charge in [-0.3, -0.25) is 14.5 Å². The van der Waals surface area contributed by atoms with Crippen LogP contribution in [-0.2, 0) is 13.1 Å². The predicted octanol–water partition coefficient (Wildman–Crippen LogP) is 5.50. The Bertz CT molecular complexity index is 1540. The van der Waals surface area contributed by atoms with E-state index in [1.165, 1.54) is 4.90 Å². The van der Waals surface area contributed by atoms with Crippen molar-refractivity contribution in [3.63, 3.8) is 0 Å². The number of amides is 2. The number of fused-ring (bicyclic) bond motifs is 10. The second-order valence-corrected chi connectivity index (χ2v) is 8.20. The van der Waals surface area contributed by atoms with Gasteiger partial charge in [-0.25, -0.2) is 0 Å². The average molecular weight is 419 g/mol. The number of aromatic nitrogens is 2. The molecular formula is C27H21N3O2. The van der Waals surface area contributed by atoms with Crippen LogP contribution in [-0.4, -0.2) is 32.9 Å². The monoisotopic (exact) mass is 419 g/mol. The molecule has 1 aliphatic heterocycles. The van der Waals surface area contributed by atoms with E-state index in [2.05, 4.69) is 34.4 Å². The summed E-state index contributed by atoms with van der Waals surface area (Å²) in [5, 5.41) is 3.60. The summed E-state index contributed by atoms with van der Waals surface area (Å²) in [6.45, 7) is 9.12. The molecule has 6 rings (SSSR count). The first-order chi connectivity index (χ1) is 15.6. The van der Waals surface area contributed by atoms with Crippen LogP contribution in [0.1, 0.15) is 20.7 Å². The van der Waals surface area contributed by atoms with Crippen LogP contribution < -0.4 is 0 Å². The van der Waals surface area contributed by atoms with Crippen LogP contribution >= 0.6 is 0 Å². The van der Waals surface area contributed by atoms with Gasteiger partial charge in [-0.15, -0.1) is 13.2 Å². The maximum atomic E-state index is 13.4. The molecule has 5 nitrogen and oxygen atoms in total. The molecule has 2 aromatic heterocycles. The molecule has 3 aromatic carbocycles. The first kappa shape index (κ1) is 18.6. The molecule has 5 aromatic rings. The van der Waals surface area contributed by atoms with Crippen LogP contribution in [0.15, 0.2) is 73.8 Å². The summed E-state index contributed by atoms with van der Waals surface area (Å²) in [6.07, 6.45) is 3.73. The number of imide groups is 1. The maximum Gasteiger partial charge on any atom is 0.262 e. The molecule has 0 saturated carbocycles. The Hall–Kier alpha value is -4.12. The largest absolute Gasteiger partial charge is 0.335 e. The van der Waals surface area contributed by atoms with Gasteiger partial charge in [0.25, 0.3) is 11.8 Å². The smallest absolute Gasteiger partial charge is 0.262 e. The summed E-state index contributed by atoms with van der Waals surface area (Å²) >= 11 is 0. The highest BCUT2D eigenvalue weighted by Crippen LogP contribution is 2.46. The van der Waals surface area contributed by atoms with Crippen LogP contribution in [0.2, 0.25) is 0 Å². The van der Waals surface area contributed by atoms with Crippen LogP contribution in [0.5, 0.6) is 0 Å². The van der Waals surface area contributed by atoms with Gasteiger partial charge in [-0.05, 0) is 12.1 Å². The average Bonchev–Trinajstić information content (AvgIpc) is 3.38. The fraction of sp³-hybridized carbons (Fsp3) is 0.111. The summed E-state index contributed by atoms with van der Waals surface area (Å²) in [5.41, 5.74) is 4.94. The standard InChI is InChI=1S/C27H21N3O2/c1-4-14-29-18-12-8-6-10-16(18)20-22-23(27(32)28(3)26(22)31)21-17-11-7-9-13-19(17)30(15-5-2)25(21)24(20)29/h4-13H,1-2,14-15H2,3H3. The third-order valence-electron chi connectivity index (χ3n) is 6.58. The second kappa shape index (κ2) is 6.44. The van der Waals surface area contributed by atoms with Gasteiger partial charge >= 0.3 is 0 Å². The van der Waals surface area contributed by atoms with E-state index in [1.807, 2.05) is 48.6 Å². The summed E-state index contributed by atoms with van der Waals surface area (Å²) in [4.78, 5) is 28.0. The lowest BCUT2D eigenvalue weighted by atomic mass is 9.96. The van der Waals surface area contributed by atoms with E-state index >= 15 is 0 Å². The molecule has 3 heterocycles. The minimum atomic E-state index is -0.251. The molecule has 0 bridgehead atoms. The number of nitrogens with zero attached hydrogens (tertiary/aromatic N) is 3. The van der Waals surface area contributed by atoms with Gasteiger partial charge in [-0.1, -0.05) is 48.6 Å². The zero-order chi connectivity index (χ0) is 22.1. The summed E-state index contributed by atoms with van der Waals surface area (Å²) in [6, 6.07) is 16.1. The van der Waals surface area contributed by atoms with Gasteiger partial charge in [0.2, 0.25) is 0 Å². The second-order valence-electron chi connectivity index (χ2n) is 8.20. The Morgan fingerprint density at radius 3 is 1.53 bits per heavy atom. The Morgan fingerprint density at radius 2 is 1.12 bits per heavy atom. The van der Waals surface area contributed by atoms with Crippen molar-refractivity contribution in [2.75, 3.05) is 7.05 Å². The van der Waals surface area contributed by atoms with E-state index in [9.17, 15) is 9.59 Å². The highest BCUT2D eigenvalue weighted by Gasteiger charge is 2.40. The van der Waals surface area contributed by atoms with Crippen molar-refractivity contribution < 1.29 is 9.59 Å². The number of para-hydroxylation sites is 2. The summed E-state index contributed by atoms with van der Waals surface area (Å²) in [5.74, 6) is -0.502. The van der Waals surface area contributed by atoms with Crippen molar-refractivity contribution >= 4 is 55.4 Å². The van der Waals surface area contributed by atoms with Gasteiger partial charge in [0.1, 0.15) is 0 Å². The molecule has 0 saturated heterocycles. The Morgan fingerprint density at radius 1 is 0.719 bits per heavy atom. The summed E-state index contributed by atoms with van der Waals surface area (Å²) in [7, 11) is 1.56. The lowest BCUT2D eigenvalue weighted by molar-refractivity contribution is 0.0694. The van der Waals surface area contributed by atoms with E-state index in [0.717, 1.165) is 43.6 Å². The zero-order valence-corrected chi connectivity index (χ0v) is 17.8. The van der Waals surface area contributed by atoms with Gasteiger partial charge in [0, 0.05) is 52.7 Å². The molecule has 5 heteroatoms. The van der Waals surface area contributed by atoms with E-state index < -0.39 is 0 Å². The lowest BCUT2D eigenvalue weighted by Gasteiger charge is -2.11. The van der Waals surface area contributed by atoms with E-state index in [-0.39, 0.29) is 11.8 Å². The topological polar surface area (TPSA) is 47.2 Å². The first-order valence-electron chi connectivity index (χ1n) is 10.6. The quantitative estimate of drug-likeness (QED) is 0.285. The number of carbonyl (C=O) groups is 2. The number of carbonyl (C=O) groups excluding carboxylic acids is 2. The minimum Gasteiger partial charge on any atom is -0.335 e. The molecule has 1 aliphatic rings. The molecular weight excluding hydrogens is 398 g/mol. The third-order valence-corrected chi connectivity index (χ3v) is 6.58. The Labute approximate surface area is 184 Å². The molecule has 32 heavy (non-hydrogen) atoms. The molecule has 0 atom stereocenters. The molecule has 0 aliphatic carbocycles. The molecule has 0 radical (unpaired) electrons. The van der Waals surface area contributed by atoms with Crippen LogP contribution in [0.4, 0.5) is 0 Å². The van der Waals surface area contributed by atoms with E-state index in [0.29, 0.717) is 24.2 Å². The number of rotatable bonds is 4. The first-order valence-corrected chi connectivity index (χ1v) is 10.6. The zero-order valence-electron chi connectivity index (χ0n) is 17.8. The Balaban J connectivity index is 2.05. The van der Waals surface area contributed by atoms with E-state index in [4.69, 9.17) is 0 Å². The normalized spacial score (nSPS) is 13.7. The highest BCUT2D eigenvalue weighted by atomic mass is 16.2. The molecule has 156 valence electrons. The van der Waals surface area contributed by atoms with Crippen molar-refractivity contribution in [3.05, 3.63) is 85.0 Å². The fourth-order valence-corrected chi connectivity index (χ4v) is 5.35. The van der Waals surface area contributed by atoms with Crippen molar-refractivity contribution in [3.8, 4) is 0 Å². The number of hydrogen-bond acceptors (Lipinski definition) is 2. The van der Waals surface area contributed by atoms with Gasteiger partial charge in [0.15, 0.2) is 0 Å². The van der Waals surface area contributed by atoms with Crippen molar-refractivity contribution in [2.45, 2.75) is 13.1 Å². The van der Waals surface area contributed by atoms with Crippen molar-refractivity contribution in [1.29, 1.82) is 0 Å². The number of benzene rings is 3. The lowest BCUT2D eigenvalue weighted by Crippen LogP contribution is -2.24. The van der Waals surface area contributed by atoms with Crippen LogP contribution in [0, 0.1) is 0 Å². The molecule has 0 spiro atoms.